The van der Waals surface area contributed by atoms with E-state index in [1.165, 1.54) is 12.1 Å². The van der Waals surface area contributed by atoms with Crippen molar-refractivity contribution in [2.45, 2.75) is 18.6 Å². The van der Waals surface area contributed by atoms with Crippen molar-refractivity contribution < 1.29 is 17.2 Å². The zero-order chi connectivity index (χ0) is 14.2. The maximum Gasteiger partial charge on any atom is 0.273 e. The second-order valence-corrected chi connectivity index (χ2v) is 5.15. The van der Waals surface area contributed by atoms with Crippen LogP contribution in [-0.2, 0) is 16.6 Å². The lowest BCUT2D eigenvalue weighted by Crippen LogP contribution is -2.18. The summed E-state index contributed by atoms with van der Waals surface area (Å²) in [5.41, 5.74) is -0.177. The number of hydrogen-bond donors (Lipinski definition) is 1. The Hall–Kier alpha value is -1.87. The van der Waals surface area contributed by atoms with E-state index in [4.69, 9.17) is 5.14 Å². The van der Waals surface area contributed by atoms with E-state index in [0.717, 1.165) is 10.6 Å². The van der Waals surface area contributed by atoms with Crippen LogP contribution in [0, 0.1) is 11.6 Å². The molecule has 0 aliphatic rings. The summed E-state index contributed by atoms with van der Waals surface area (Å²) in [5, 5.41) is 11.5. The first-order valence-corrected chi connectivity index (χ1v) is 6.81. The molecular weight excluding hydrogens is 278 g/mol. The van der Waals surface area contributed by atoms with Gasteiger partial charge in [0.05, 0.1) is 5.56 Å². The molecule has 0 saturated carbocycles. The number of sulfonamides is 1. The fourth-order valence-electron chi connectivity index (χ4n) is 1.66. The zero-order valence-corrected chi connectivity index (χ0v) is 10.7. The van der Waals surface area contributed by atoms with Crippen LogP contribution in [0.2, 0.25) is 0 Å². The molecule has 2 rings (SSSR count). The van der Waals surface area contributed by atoms with E-state index in [2.05, 4.69) is 10.2 Å². The van der Waals surface area contributed by atoms with Gasteiger partial charge in [0, 0.05) is 6.54 Å². The fraction of sp³-hybridized carbons (Fsp3) is 0.200. The third-order valence-electron chi connectivity index (χ3n) is 2.48. The van der Waals surface area contributed by atoms with Gasteiger partial charge in [0.2, 0.25) is 0 Å². The lowest BCUT2D eigenvalue weighted by molar-refractivity contribution is 0.509. The Morgan fingerprint density at radius 2 is 2.00 bits per heavy atom. The van der Waals surface area contributed by atoms with Crippen molar-refractivity contribution in [3.8, 4) is 11.4 Å². The average Bonchev–Trinajstić information content (AvgIpc) is 2.76. The van der Waals surface area contributed by atoms with Crippen molar-refractivity contribution >= 4 is 10.0 Å². The quantitative estimate of drug-likeness (QED) is 0.908. The first kappa shape index (κ1) is 13.6. The number of primary sulfonamides is 1. The molecule has 1 aromatic heterocycles. The van der Waals surface area contributed by atoms with Crippen LogP contribution in [0.1, 0.15) is 6.92 Å². The molecule has 0 atom stereocenters. The molecule has 0 fully saturated rings. The van der Waals surface area contributed by atoms with Crippen molar-refractivity contribution in [1.29, 1.82) is 0 Å². The minimum Gasteiger partial charge on any atom is -0.297 e. The van der Waals surface area contributed by atoms with Crippen molar-refractivity contribution in [1.82, 2.24) is 14.8 Å². The Morgan fingerprint density at radius 1 is 1.32 bits per heavy atom. The Kier molecular flexibility index (Phi) is 3.33. The third kappa shape index (κ3) is 2.34. The van der Waals surface area contributed by atoms with Crippen LogP contribution >= 0.6 is 0 Å². The van der Waals surface area contributed by atoms with Gasteiger partial charge in [-0.3, -0.25) is 4.57 Å². The number of halogens is 2. The highest BCUT2D eigenvalue weighted by atomic mass is 32.2. The molecule has 9 heteroatoms. The highest BCUT2D eigenvalue weighted by Crippen LogP contribution is 2.24. The molecular formula is C10H10F2N4O2S. The van der Waals surface area contributed by atoms with Gasteiger partial charge in [-0.2, -0.15) is 0 Å². The standard InChI is InChI=1S/C10H10F2N4O2S/c1-2-16-9(14-15-10(16)19(13,17)18)6-4-3-5-7(11)8(6)12/h3-5H,2H2,1H3,(H2,13,17,18). The largest absolute Gasteiger partial charge is 0.297 e. The number of aromatic nitrogens is 3. The first-order valence-electron chi connectivity index (χ1n) is 5.26. The minimum absolute atomic E-state index is 0.0940. The van der Waals surface area contributed by atoms with Crippen LogP contribution in [0.25, 0.3) is 11.4 Å². The van der Waals surface area contributed by atoms with E-state index in [1.807, 2.05) is 0 Å². The average molecular weight is 288 g/mol. The number of nitrogens with two attached hydrogens (primary N) is 1. The molecule has 0 aliphatic carbocycles. The molecule has 102 valence electrons. The molecule has 0 radical (unpaired) electrons. The summed E-state index contributed by atoms with van der Waals surface area (Å²) in [6.07, 6.45) is 0. The van der Waals surface area contributed by atoms with E-state index in [0.29, 0.717) is 0 Å². The lowest BCUT2D eigenvalue weighted by Gasteiger charge is -2.07. The van der Waals surface area contributed by atoms with Gasteiger partial charge >= 0.3 is 0 Å². The van der Waals surface area contributed by atoms with Crippen LogP contribution in [0.4, 0.5) is 8.78 Å². The summed E-state index contributed by atoms with van der Waals surface area (Å²) in [5.74, 6) is -2.27. The second kappa shape index (κ2) is 4.67. The summed E-state index contributed by atoms with van der Waals surface area (Å²) >= 11 is 0. The SMILES string of the molecule is CCn1c(-c2cccc(F)c2F)nnc1S(N)(=O)=O. The van der Waals surface area contributed by atoms with E-state index in [1.54, 1.807) is 6.92 Å². The minimum atomic E-state index is -4.08. The molecule has 0 unspecified atom stereocenters. The predicted molar refractivity (Wildman–Crippen MR) is 62.4 cm³/mol. The molecule has 19 heavy (non-hydrogen) atoms. The van der Waals surface area contributed by atoms with Gasteiger partial charge in [0.15, 0.2) is 17.5 Å². The lowest BCUT2D eigenvalue weighted by atomic mass is 10.2. The smallest absolute Gasteiger partial charge is 0.273 e. The van der Waals surface area contributed by atoms with Gasteiger partial charge in [0.25, 0.3) is 15.2 Å². The molecule has 2 aromatic rings. The van der Waals surface area contributed by atoms with Gasteiger partial charge in [-0.05, 0) is 19.1 Å². The Morgan fingerprint density at radius 3 is 2.58 bits per heavy atom. The van der Waals surface area contributed by atoms with Crippen LogP contribution in [0.15, 0.2) is 23.4 Å². The third-order valence-corrected chi connectivity index (χ3v) is 3.29. The van der Waals surface area contributed by atoms with Crippen molar-refractivity contribution in [2.75, 3.05) is 0 Å². The van der Waals surface area contributed by atoms with Gasteiger partial charge in [-0.1, -0.05) is 6.07 Å². The number of benzene rings is 1. The molecule has 0 bridgehead atoms. The molecule has 6 nitrogen and oxygen atoms in total. The number of hydrogen-bond acceptors (Lipinski definition) is 4. The van der Waals surface area contributed by atoms with E-state index < -0.39 is 26.8 Å². The van der Waals surface area contributed by atoms with Crippen LogP contribution < -0.4 is 5.14 Å². The molecule has 1 aromatic carbocycles. The molecule has 0 spiro atoms. The topological polar surface area (TPSA) is 90.9 Å². The maximum atomic E-state index is 13.7. The molecule has 0 aliphatic heterocycles. The van der Waals surface area contributed by atoms with Crippen molar-refractivity contribution in [3.05, 3.63) is 29.8 Å². The van der Waals surface area contributed by atoms with Crippen LogP contribution in [0.3, 0.4) is 0 Å². The van der Waals surface area contributed by atoms with E-state index >= 15 is 0 Å². The monoisotopic (exact) mass is 288 g/mol. The van der Waals surface area contributed by atoms with Gasteiger partial charge in [-0.15, -0.1) is 10.2 Å². The van der Waals surface area contributed by atoms with Crippen molar-refractivity contribution in [3.63, 3.8) is 0 Å². The van der Waals surface area contributed by atoms with Gasteiger partial charge in [-0.25, -0.2) is 22.3 Å². The van der Waals surface area contributed by atoms with E-state index in [-0.39, 0.29) is 17.9 Å². The summed E-state index contributed by atoms with van der Waals surface area (Å²) in [4.78, 5) is 0. The second-order valence-electron chi connectivity index (χ2n) is 3.70. The van der Waals surface area contributed by atoms with Crippen molar-refractivity contribution in [2.24, 2.45) is 5.14 Å². The van der Waals surface area contributed by atoms with Gasteiger partial charge in [0.1, 0.15) is 0 Å². The number of nitrogens with zero attached hydrogens (tertiary/aromatic N) is 3. The number of rotatable bonds is 3. The Bertz CT molecular complexity index is 727. The summed E-state index contributed by atoms with van der Waals surface area (Å²) in [6, 6.07) is 3.52. The fourth-order valence-corrected chi connectivity index (χ4v) is 2.34. The summed E-state index contributed by atoms with van der Waals surface area (Å²) in [7, 11) is -4.08. The highest BCUT2D eigenvalue weighted by Gasteiger charge is 2.23. The normalized spacial score (nSPS) is 11.8. The molecule has 1 heterocycles. The predicted octanol–water partition coefficient (Wildman–Crippen LogP) is 0.891. The Balaban J connectivity index is 2.71. The van der Waals surface area contributed by atoms with Crippen LogP contribution in [-0.4, -0.2) is 23.2 Å². The molecule has 0 amide bonds. The maximum absolute atomic E-state index is 13.7. The molecule has 2 N–H and O–H groups in total. The highest BCUT2D eigenvalue weighted by molar-refractivity contribution is 7.89. The zero-order valence-electron chi connectivity index (χ0n) is 9.84. The summed E-state index contributed by atoms with van der Waals surface area (Å²) < 4.78 is 50.5. The summed E-state index contributed by atoms with van der Waals surface area (Å²) in [6.45, 7) is 1.75. The van der Waals surface area contributed by atoms with Gasteiger partial charge < -0.3 is 0 Å². The molecule has 0 saturated heterocycles. The Labute approximate surface area is 107 Å². The van der Waals surface area contributed by atoms with E-state index in [9.17, 15) is 17.2 Å². The van der Waals surface area contributed by atoms with Crippen LogP contribution in [0.5, 0.6) is 0 Å². The first-order chi connectivity index (χ1) is 8.86.